The molecular formula is C24H26FN5O2S. The number of para-hydroxylation sites is 1. The number of amides is 2. The summed E-state index contributed by atoms with van der Waals surface area (Å²) in [5, 5.41) is 11.9. The van der Waals surface area contributed by atoms with Crippen LogP contribution in [0.4, 0.5) is 10.1 Å². The molecule has 1 aliphatic rings. The van der Waals surface area contributed by atoms with E-state index in [1.807, 2.05) is 36.6 Å². The molecule has 0 spiro atoms. The van der Waals surface area contributed by atoms with Crippen molar-refractivity contribution in [3.63, 3.8) is 0 Å². The summed E-state index contributed by atoms with van der Waals surface area (Å²) in [4.78, 5) is 26.5. The number of likely N-dealkylation sites (N-methyl/N-ethyl adjacent to an activating group) is 1. The summed E-state index contributed by atoms with van der Waals surface area (Å²) < 4.78 is 16.2. The molecule has 0 saturated heterocycles. The van der Waals surface area contributed by atoms with Crippen LogP contribution in [0.15, 0.2) is 47.6 Å². The van der Waals surface area contributed by atoms with Gasteiger partial charge in [0.05, 0.1) is 17.9 Å². The van der Waals surface area contributed by atoms with Crippen molar-refractivity contribution >= 4 is 29.3 Å². The monoisotopic (exact) mass is 467 g/mol. The predicted molar refractivity (Wildman–Crippen MR) is 127 cm³/mol. The predicted octanol–water partition coefficient (Wildman–Crippen LogP) is 4.23. The van der Waals surface area contributed by atoms with Crippen LogP contribution in [0, 0.1) is 19.7 Å². The van der Waals surface area contributed by atoms with Gasteiger partial charge in [-0.3, -0.25) is 14.2 Å². The number of carbonyl (C=O) groups excluding carboxylic acids is 2. The Hall–Kier alpha value is -3.20. The minimum atomic E-state index is -0.353. The van der Waals surface area contributed by atoms with Crippen molar-refractivity contribution in [2.45, 2.75) is 37.9 Å². The van der Waals surface area contributed by atoms with Crippen molar-refractivity contribution in [1.82, 2.24) is 19.7 Å². The maximum Gasteiger partial charge on any atom is 0.243 e. The lowest BCUT2D eigenvalue weighted by molar-refractivity contribution is -0.131. The first kappa shape index (κ1) is 23.0. The Labute approximate surface area is 196 Å². The summed E-state index contributed by atoms with van der Waals surface area (Å²) in [6.07, 6.45) is 1.94. The first-order valence-corrected chi connectivity index (χ1v) is 11.8. The number of anilines is 1. The maximum absolute atomic E-state index is 14.3. The zero-order valence-corrected chi connectivity index (χ0v) is 19.7. The summed E-state index contributed by atoms with van der Waals surface area (Å²) in [5.41, 5.74) is 3.11. The fourth-order valence-electron chi connectivity index (χ4n) is 3.59. The molecule has 4 rings (SSSR count). The minimum Gasteiger partial charge on any atom is -0.336 e. The zero-order chi connectivity index (χ0) is 23.5. The normalized spacial score (nSPS) is 13.1. The number of aryl methyl sites for hydroxylation is 2. The third-order valence-electron chi connectivity index (χ3n) is 5.57. The molecule has 33 heavy (non-hydrogen) atoms. The highest BCUT2D eigenvalue weighted by Gasteiger charge is 2.31. The van der Waals surface area contributed by atoms with E-state index in [2.05, 4.69) is 15.5 Å². The molecule has 1 N–H and O–H groups in total. The Morgan fingerprint density at radius 2 is 1.82 bits per heavy atom. The second kappa shape index (κ2) is 9.74. The van der Waals surface area contributed by atoms with Gasteiger partial charge in [-0.2, -0.15) is 0 Å². The highest BCUT2D eigenvalue weighted by molar-refractivity contribution is 7.99. The van der Waals surface area contributed by atoms with Crippen molar-refractivity contribution in [3.05, 3.63) is 59.4 Å². The second-order valence-electron chi connectivity index (χ2n) is 8.24. The molecule has 0 radical (unpaired) electrons. The van der Waals surface area contributed by atoms with Crippen LogP contribution in [-0.2, 0) is 9.59 Å². The van der Waals surface area contributed by atoms with Gasteiger partial charge in [0.2, 0.25) is 11.8 Å². The molecule has 0 bridgehead atoms. The maximum atomic E-state index is 14.3. The van der Waals surface area contributed by atoms with Gasteiger partial charge >= 0.3 is 0 Å². The molecule has 3 aromatic rings. The van der Waals surface area contributed by atoms with Gasteiger partial charge in [-0.15, -0.1) is 10.2 Å². The Bertz CT molecular complexity index is 1170. The van der Waals surface area contributed by atoms with Crippen molar-refractivity contribution in [3.8, 4) is 11.4 Å². The summed E-state index contributed by atoms with van der Waals surface area (Å²) in [6.45, 7) is 3.81. The lowest BCUT2D eigenvalue weighted by Crippen LogP contribution is -2.36. The zero-order valence-electron chi connectivity index (χ0n) is 18.8. The van der Waals surface area contributed by atoms with Crippen LogP contribution >= 0.6 is 11.8 Å². The molecule has 0 unspecified atom stereocenters. The first-order valence-electron chi connectivity index (χ1n) is 10.8. The number of aromatic nitrogens is 3. The molecule has 1 fully saturated rings. The summed E-state index contributed by atoms with van der Waals surface area (Å²) >= 11 is 1.25. The number of hydrogen-bond donors (Lipinski definition) is 1. The lowest BCUT2D eigenvalue weighted by atomic mass is 10.1. The Morgan fingerprint density at radius 1 is 1.12 bits per heavy atom. The smallest absolute Gasteiger partial charge is 0.243 e. The van der Waals surface area contributed by atoms with Crippen molar-refractivity contribution in [1.29, 1.82) is 0 Å². The van der Waals surface area contributed by atoms with Gasteiger partial charge in [0.15, 0.2) is 11.0 Å². The largest absolute Gasteiger partial charge is 0.336 e. The molecule has 1 saturated carbocycles. The van der Waals surface area contributed by atoms with Crippen molar-refractivity contribution < 1.29 is 14.0 Å². The first-order chi connectivity index (χ1) is 15.8. The fraction of sp³-hybridized carbons (Fsp3) is 0.333. The van der Waals surface area contributed by atoms with Gasteiger partial charge in [-0.25, -0.2) is 4.39 Å². The molecule has 2 aromatic carbocycles. The van der Waals surface area contributed by atoms with Crippen LogP contribution in [0.25, 0.3) is 11.4 Å². The topological polar surface area (TPSA) is 80.1 Å². The van der Waals surface area contributed by atoms with Crippen LogP contribution in [-0.4, -0.2) is 50.8 Å². The number of nitrogens with one attached hydrogen (secondary N) is 1. The van der Waals surface area contributed by atoms with Gasteiger partial charge in [-0.05, 0) is 49.9 Å². The van der Waals surface area contributed by atoms with E-state index in [0.717, 1.165) is 29.7 Å². The third-order valence-corrected chi connectivity index (χ3v) is 6.50. The lowest BCUT2D eigenvalue weighted by Gasteiger charge is -2.18. The number of benzene rings is 2. The molecule has 1 aromatic heterocycles. The number of halogens is 1. The van der Waals surface area contributed by atoms with Gasteiger partial charge in [0.1, 0.15) is 5.82 Å². The van der Waals surface area contributed by atoms with E-state index in [4.69, 9.17) is 0 Å². The Kier molecular flexibility index (Phi) is 6.78. The van der Waals surface area contributed by atoms with Crippen LogP contribution in [0.1, 0.15) is 30.0 Å². The molecule has 2 amide bonds. The molecule has 7 nitrogen and oxygen atoms in total. The molecule has 1 heterocycles. The van der Waals surface area contributed by atoms with Crippen LogP contribution in [0.2, 0.25) is 0 Å². The van der Waals surface area contributed by atoms with E-state index >= 15 is 0 Å². The number of rotatable bonds is 8. The quantitative estimate of drug-likeness (QED) is 0.502. The molecule has 0 atom stereocenters. The third kappa shape index (κ3) is 5.24. The van der Waals surface area contributed by atoms with E-state index < -0.39 is 0 Å². The molecule has 172 valence electrons. The fourth-order valence-corrected chi connectivity index (χ4v) is 4.54. The Morgan fingerprint density at radius 3 is 2.48 bits per heavy atom. The summed E-state index contributed by atoms with van der Waals surface area (Å²) in [6, 6.07) is 12.5. The van der Waals surface area contributed by atoms with Gasteiger partial charge in [0, 0.05) is 18.8 Å². The van der Waals surface area contributed by atoms with Crippen LogP contribution < -0.4 is 5.32 Å². The molecule has 1 aliphatic carbocycles. The van der Waals surface area contributed by atoms with Crippen LogP contribution in [0.3, 0.4) is 0 Å². The number of nitrogens with zero attached hydrogens (tertiary/aromatic N) is 4. The van der Waals surface area contributed by atoms with Crippen molar-refractivity contribution in [2.24, 2.45) is 0 Å². The number of carbonyl (C=O) groups is 2. The molecular weight excluding hydrogens is 441 g/mol. The highest BCUT2D eigenvalue weighted by atomic mass is 32.2. The summed E-state index contributed by atoms with van der Waals surface area (Å²) in [5.74, 6) is -0.221. The second-order valence-corrected chi connectivity index (χ2v) is 9.18. The number of thioether (sulfide) groups is 1. The van der Waals surface area contributed by atoms with Crippen molar-refractivity contribution in [2.75, 3.05) is 24.7 Å². The number of hydrogen-bond acceptors (Lipinski definition) is 5. The van der Waals surface area contributed by atoms with E-state index in [-0.39, 0.29) is 36.0 Å². The van der Waals surface area contributed by atoms with E-state index in [0.29, 0.717) is 16.5 Å². The molecule has 0 aliphatic heterocycles. The average molecular weight is 468 g/mol. The van der Waals surface area contributed by atoms with Crippen LogP contribution in [0.5, 0.6) is 0 Å². The highest BCUT2D eigenvalue weighted by Crippen LogP contribution is 2.41. The molecule has 9 heteroatoms. The Balaban J connectivity index is 1.39. The van der Waals surface area contributed by atoms with Gasteiger partial charge < -0.3 is 10.2 Å². The summed E-state index contributed by atoms with van der Waals surface area (Å²) in [7, 11) is 1.60. The van der Waals surface area contributed by atoms with E-state index in [9.17, 15) is 14.0 Å². The van der Waals surface area contributed by atoms with Gasteiger partial charge in [-0.1, -0.05) is 42.1 Å². The standard InChI is InChI=1S/C24H26FN5O2S/c1-15-7-6-8-16(2)22(15)26-20(31)13-29(3)21(32)14-33-24-28-27-23(30(24)17-11-12-17)18-9-4-5-10-19(18)25/h4-10,17H,11-14H2,1-3H3,(H,26,31). The minimum absolute atomic E-state index is 0.0526. The average Bonchev–Trinajstić information content (AvgIpc) is 3.54. The van der Waals surface area contributed by atoms with E-state index in [1.54, 1.807) is 25.2 Å². The van der Waals surface area contributed by atoms with E-state index in [1.165, 1.54) is 22.7 Å². The van der Waals surface area contributed by atoms with Gasteiger partial charge in [0.25, 0.3) is 0 Å². The SMILES string of the molecule is Cc1cccc(C)c1NC(=O)CN(C)C(=O)CSc1nnc(-c2ccccc2F)n1C1CC1.